The van der Waals surface area contributed by atoms with Gasteiger partial charge in [0.1, 0.15) is 0 Å². The number of anilines is 1. The van der Waals surface area contributed by atoms with Crippen LogP contribution >= 0.6 is 0 Å². The van der Waals surface area contributed by atoms with Crippen molar-refractivity contribution in [2.75, 3.05) is 59.1 Å². The summed E-state index contributed by atoms with van der Waals surface area (Å²) in [6.07, 6.45) is 0. The van der Waals surface area contributed by atoms with E-state index in [1.807, 2.05) is 12.1 Å². The van der Waals surface area contributed by atoms with Crippen molar-refractivity contribution in [2.24, 2.45) is 0 Å². The molecule has 0 aliphatic carbocycles. The van der Waals surface area contributed by atoms with E-state index in [1.165, 1.54) is 31.7 Å². The minimum atomic E-state index is 0.408. The van der Waals surface area contributed by atoms with E-state index in [2.05, 4.69) is 47.9 Å². The fourth-order valence-electron chi connectivity index (χ4n) is 2.64. The van der Waals surface area contributed by atoms with Gasteiger partial charge in [0.15, 0.2) is 0 Å². The predicted octanol–water partition coefficient (Wildman–Crippen LogP) is 1.51. The minimum Gasteiger partial charge on any atom is -0.399 e. The number of benzene rings is 1. The molecule has 112 valence electrons. The van der Waals surface area contributed by atoms with Gasteiger partial charge >= 0.3 is 0 Å². The molecule has 1 unspecified atom stereocenters. The molecule has 0 amide bonds. The molecular formula is C16H28N4. The lowest BCUT2D eigenvalue weighted by Gasteiger charge is -2.34. The zero-order valence-corrected chi connectivity index (χ0v) is 13.0. The molecule has 0 saturated carbocycles. The average Bonchev–Trinajstić information content (AvgIpc) is 2.45. The fourth-order valence-corrected chi connectivity index (χ4v) is 2.64. The largest absolute Gasteiger partial charge is 0.399 e. The first-order chi connectivity index (χ1) is 9.56. The van der Waals surface area contributed by atoms with Crippen molar-refractivity contribution in [3.63, 3.8) is 0 Å². The Labute approximate surface area is 123 Å². The van der Waals surface area contributed by atoms with Crippen molar-refractivity contribution in [2.45, 2.75) is 13.0 Å². The Morgan fingerprint density at radius 3 is 2.60 bits per heavy atom. The number of rotatable bonds is 5. The second-order valence-corrected chi connectivity index (χ2v) is 5.97. The van der Waals surface area contributed by atoms with Gasteiger partial charge in [0.05, 0.1) is 0 Å². The highest BCUT2D eigenvalue weighted by Gasteiger charge is 2.16. The summed E-state index contributed by atoms with van der Waals surface area (Å²) in [7, 11) is 4.40. The lowest BCUT2D eigenvalue weighted by atomic mass is 10.1. The first-order valence-electron chi connectivity index (χ1n) is 7.53. The molecule has 20 heavy (non-hydrogen) atoms. The van der Waals surface area contributed by atoms with Crippen LogP contribution in [0.15, 0.2) is 24.3 Å². The lowest BCUT2D eigenvalue weighted by Crippen LogP contribution is -2.46. The second-order valence-electron chi connectivity index (χ2n) is 5.97. The Morgan fingerprint density at radius 2 is 1.95 bits per heavy atom. The van der Waals surface area contributed by atoms with Crippen molar-refractivity contribution < 1.29 is 0 Å². The van der Waals surface area contributed by atoms with Crippen LogP contribution in [0.1, 0.15) is 18.5 Å². The van der Waals surface area contributed by atoms with E-state index in [1.54, 1.807) is 0 Å². The number of nitrogens with zero attached hydrogens (tertiary/aromatic N) is 3. The van der Waals surface area contributed by atoms with Crippen LogP contribution in [-0.4, -0.2) is 68.1 Å². The van der Waals surface area contributed by atoms with E-state index in [0.29, 0.717) is 6.04 Å². The van der Waals surface area contributed by atoms with Gasteiger partial charge in [-0.15, -0.1) is 0 Å². The monoisotopic (exact) mass is 276 g/mol. The van der Waals surface area contributed by atoms with Gasteiger partial charge < -0.3 is 10.6 Å². The van der Waals surface area contributed by atoms with Gasteiger partial charge in [-0.25, -0.2) is 0 Å². The van der Waals surface area contributed by atoms with E-state index < -0.39 is 0 Å². The number of likely N-dealkylation sites (N-methyl/N-ethyl adjacent to an activating group) is 2. The molecule has 2 N–H and O–H groups in total. The van der Waals surface area contributed by atoms with Crippen LogP contribution in [0, 0.1) is 0 Å². The number of hydrogen-bond donors (Lipinski definition) is 1. The van der Waals surface area contributed by atoms with Crippen molar-refractivity contribution in [1.29, 1.82) is 0 Å². The Morgan fingerprint density at radius 1 is 1.25 bits per heavy atom. The summed E-state index contributed by atoms with van der Waals surface area (Å²) in [5.74, 6) is 0. The Bertz CT molecular complexity index is 413. The second kappa shape index (κ2) is 7.07. The van der Waals surface area contributed by atoms with Crippen LogP contribution in [0.5, 0.6) is 0 Å². The van der Waals surface area contributed by atoms with Crippen molar-refractivity contribution in [3.05, 3.63) is 29.8 Å². The van der Waals surface area contributed by atoms with Crippen molar-refractivity contribution in [3.8, 4) is 0 Å². The van der Waals surface area contributed by atoms with Gasteiger partial charge in [0.2, 0.25) is 0 Å². The maximum Gasteiger partial charge on any atom is 0.0318 e. The van der Waals surface area contributed by atoms with Crippen LogP contribution in [-0.2, 0) is 0 Å². The number of nitrogens with two attached hydrogens (primary N) is 1. The summed E-state index contributed by atoms with van der Waals surface area (Å²) in [5, 5.41) is 0. The smallest absolute Gasteiger partial charge is 0.0318 e. The number of nitrogen functional groups attached to an aromatic ring is 1. The standard InChI is InChI=1S/C16H28N4/c1-14(15-5-4-6-16(17)13-15)19(3)9-12-20-10-7-18(2)8-11-20/h4-6,13-14H,7-12,17H2,1-3H3. The number of hydrogen-bond acceptors (Lipinski definition) is 4. The number of piperazine rings is 1. The maximum absolute atomic E-state index is 5.87. The molecule has 1 aliphatic rings. The van der Waals surface area contributed by atoms with Crippen LogP contribution in [0.2, 0.25) is 0 Å². The van der Waals surface area contributed by atoms with Gasteiger partial charge in [-0.2, -0.15) is 0 Å². The minimum absolute atomic E-state index is 0.408. The zero-order chi connectivity index (χ0) is 14.5. The maximum atomic E-state index is 5.87. The van der Waals surface area contributed by atoms with Crippen molar-refractivity contribution >= 4 is 5.69 Å². The molecule has 4 nitrogen and oxygen atoms in total. The summed E-state index contributed by atoms with van der Waals surface area (Å²) in [6.45, 7) is 9.26. The highest BCUT2D eigenvalue weighted by Crippen LogP contribution is 2.20. The summed E-state index contributed by atoms with van der Waals surface area (Å²) in [6, 6.07) is 8.63. The molecule has 2 rings (SSSR count). The molecule has 1 aromatic carbocycles. The third-order valence-corrected chi connectivity index (χ3v) is 4.42. The van der Waals surface area contributed by atoms with Gasteiger partial charge in [-0.3, -0.25) is 9.80 Å². The molecule has 1 fully saturated rings. The first kappa shape index (κ1) is 15.3. The van der Waals surface area contributed by atoms with Crippen LogP contribution < -0.4 is 5.73 Å². The normalized spacial score (nSPS) is 19.4. The molecule has 0 aromatic heterocycles. The SMILES string of the molecule is CC(c1cccc(N)c1)N(C)CCN1CCN(C)CC1. The van der Waals surface area contributed by atoms with Gasteiger partial charge in [0.25, 0.3) is 0 Å². The average molecular weight is 276 g/mol. The molecule has 0 spiro atoms. The lowest BCUT2D eigenvalue weighted by molar-refractivity contribution is 0.133. The Hall–Kier alpha value is -1.10. The fraction of sp³-hybridized carbons (Fsp3) is 0.625. The Balaban J connectivity index is 1.80. The molecular weight excluding hydrogens is 248 g/mol. The van der Waals surface area contributed by atoms with E-state index in [0.717, 1.165) is 18.8 Å². The molecule has 1 saturated heterocycles. The quantitative estimate of drug-likeness (QED) is 0.827. The van der Waals surface area contributed by atoms with Gasteiger partial charge in [-0.05, 0) is 38.7 Å². The Kier molecular flexibility index (Phi) is 5.40. The highest BCUT2D eigenvalue weighted by molar-refractivity contribution is 5.41. The molecule has 0 radical (unpaired) electrons. The topological polar surface area (TPSA) is 35.7 Å². The van der Waals surface area contributed by atoms with Crippen LogP contribution in [0.25, 0.3) is 0 Å². The van der Waals surface area contributed by atoms with Gasteiger partial charge in [0, 0.05) is 51.0 Å². The molecule has 1 atom stereocenters. The van der Waals surface area contributed by atoms with E-state index in [9.17, 15) is 0 Å². The molecule has 1 aromatic rings. The summed E-state index contributed by atoms with van der Waals surface area (Å²) < 4.78 is 0. The van der Waals surface area contributed by atoms with E-state index in [-0.39, 0.29) is 0 Å². The molecule has 0 bridgehead atoms. The molecule has 1 aliphatic heterocycles. The highest BCUT2D eigenvalue weighted by atomic mass is 15.3. The third-order valence-electron chi connectivity index (χ3n) is 4.42. The summed E-state index contributed by atoms with van der Waals surface area (Å²) in [5.41, 5.74) is 8.02. The summed E-state index contributed by atoms with van der Waals surface area (Å²) >= 11 is 0. The molecule has 4 heteroatoms. The van der Waals surface area contributed by atoms with E-state index >= 15 is 0 Å². The molecule has 1 heterocycles. The van der Waals surface area contributed by atoms with Crippen LogP contribution in [0.3, 0.4) is 0 Å². The van der Waals surface area contributed by atoms with Crippen molar-refractivity contribution in [1.82, 2.24) is 14.7 Å². The van der Waals surface area contributed by atoms with Crippen LogP contribution in [0.4, 0.5) is 5.69 Å². The summed E-state index contributed by atoms with van der Waals surface area (Å²) in [4.78, 5) is 7.37. The van der Waals surface area contributed by atoms with E-state index in [4.69, 9.17) is 5.73 Å². The van der Waals surface area contributed by atoms with Gasteiger partial charge in [-0.1, -0.05) is 12.1 Å². The predicted molar refractivity (Wildman–Crippen MR) is 85.8 cm³/mol. The zero-order valence-electron chi connectivity index (χ0n) is 13.0. The third kappa shape index (κ3) is 4.20. The first-order valence-corrected chi connectivity index (χ1v) is 7.53.